The molecule has 0 radical (unpaired) electrons. The van der Waals surface area contributed by atoms with E-state index < -0.39 is 5.41 Å². The summed E-state index contributed by atoms with van der Waals surface area (Å²) in [6, 6.07) is 8.87. The largest absolute Gasteiger partial charge is 0.466 e. The zero-order chi connectivity index (χ0) is 17.0. The SMILES string of the molecule is CCOC(=O)C(C)(C)CC(CC)c1ccc(C(C)(C)C)cc1. The van der Waals surface area contributed by atoms with E-state index in [0.717, 1.165) is 12.8 Å². The summed E-state index contributed by atoms with van der Waals surface area (Å²) in [4.78, 5) is 12.1. The molecule has 0 saturated carbocycles. The van der Waals surface area contributed by atoms with E-state index >= 15 is 0 Å². The summed E-state index contributed by atoms with van der Waals surface area (Å²) in [5, 5.41) is 0. The van der Waals surface area contributed by atoms with Crippen molar-refractivity contribution in [2.45, 2.75) is 72.6 Å². The third-order valence-corrected chi connectivity index (χ3v) is 4.33. The van der Waals surface area contributed by atoms with Crippen LogP contribution in [0.3, 0.4) is 0 Å². The summed E-state index contributed by atoms with van der Waals surface area (Å²) in [5.41, 5.74) is 2.38. The van der Waals surface area contributed by atoms with Crippen molar-refractivity contribution >= 4 is 5.97 Å². The number of esters is 1. The van der Waals surface area contributed by atoms with Gasteiger partial charge in [-0.05, 0) is 56.1 Å². The van der Waals surface area contributed by atoms with Crippen molar-refractivity contribution in [3.8, 4) is 0 Å². The van der Waals surface area contributed by atoms with E-state index in [0.29, 0.717) is 12.5 Å². The molecule has 22 heavy (non-hydrogen) atoms. The standard InChI is InChI=1S/C20H32O2/c1-8-15(14-20(6,7)18(21)22-9-2)16-10-12-17(13-11-16)19(3,4)5/h10-13,15H,8-9,14H2,1-7H3. The minimum atomic E-state index is -0.445. The Bertz CT molecular complexity index is 477. The maximum atomic E-state index is 12.1. The van der Waals surface area contributed by atoms with Crippen molar-refractivity contribution < 1.29 is 9.53 Å². The topological polar surface area (TPSA) is 26.3 Å². The zero-order valence-corrected chi connectivity index (χ0v) is 15.3. The molecule has 0 aliphatic carbocycles. The summed E-state index contributed by atoms with van der Waals surface area (Å²) in [7, 11) is 0. The molecule has 0 saturated heterocycles. The van der Waals surface area contributed by atoms with Gasteiger partial charge in [-0.2, -0.15) is 0 Å². The fourth-order valence-electron chi connectivity index (χ4n) is 2.78. The number of carbonyl (C=O) groups is 1. The fourth-order valence-corrected chi connectivity index (χ4v) is 2.78. The average Bonchev–Trinajstić information content (AvgIpc) is 2.44. The van der Waals surface area contributed by atoms with Crippen molar-refractivity contribution in [1.29, 1.82) is 0 Å². The van der Waals surface area contributed by atoms with Crippen LogP contribution in [0.5, 0.6) is 0 Å². The van der Waals surface area contributed by atoms with E-state index in [1.165, 1.54) is 11.1 Å². The van der Waals surface area contributed by atoms with Gasteiger partial charge in [0, 0.05) is 0 Å². The third kappa shape index (κ3) is 4.86. The highest BCUT2D eigenvalue weighted by molar-refractivity contribution is 5.76. The van der Waals surface area contributed by atoms with Crippen LogP contribution in [0.2, 0.25) is 0 Å². The van der Waals surface area contributed by atoms with E-state index in [-0.39, 0.29) is 11.4 Å². The molecule has 0 bridgehead atoms. The minimum absolute atomic E-state index is 0.0974. The first-order chi connectivity index (χ1) is 10.1. The molecule has 2 heteroatoms. The van der Waals surface area contributed by atoms with Gasteiger partial charge in [-0.3, -0.25) is 4.79 Å². The first-order valence-electron chi connectivity index (χ1n) is 8.39. The highest BCUT2D eigenvalue weighted by Crippen LogP contribution is 2.35. The second-order valence-corrected chi connectivity index (χ2v) is 7.79. The van der Waals surface area contributed by atoms with Gasteiger partial charge in [-0.25, -0.2) is 0 Å². The molecular weight excluding hydrogens is 272 g/mol. The summed E-state index contributed by atoms with van der Waals surface area (Å²) < 4.78 is 5.21. The normalized spacial score (nSPS) is 13.8. The monoisotopic (exact) mass is 304 g/mol. The van der Waals surface area contributed by atoms with E-state index in [1.807, 2.05) is 20.8 Å². The van der Waals surface area contributed by atoms with Gasteiger partial charge in [0.05, 0.1) is 12.0 Å². The van der Waals surface area contributed by atoms with Gasteiger partial charge in [0.15, 0.2) is 0 Å². The lowest BCUT2D eigenvalue weighted by Gasteiger charge is -2.28. The lowest BCUT2D eigenvalue weighted by atomic mass is 9.78. The van der Waals surface area contributed by atoms with Gasteiger partial charge in [0.25, 0.3) is 0 Å². The Morgan fingerprint density at radius 1 is 1.05 bits per heavy atom. The van der Waals surface area contributed by atoms with Gasteiger partial charge < -0.3 is 4.74 Å². The van der Waals surface area contributed by atoms with Crippen LogP contribution in [0.4, 0.5) is 0 Å². The number of carbonyl (C=O) groups excluding carboxylic acids is 1. The first kappa shape index (κ1) is 18.7. The van der Waals surface area contributed by atoms with Crippen molar-refractivity contribution in [3.63, 3.8) is 0 Å². The Balaban J connectivity index is 2.90. The zero-order valence-electron chi connectivity index (χ0n) is 15.3. The quantitative estimate of drug-likeness (QED) is 0.653. The van der Waals surface area contributed by atoms with Crippen molar-refractivity contribution in [1.82, 2.24) is 0 Å². The van der Waals surface area contributed by atoms with Gasteiger partial charge in [0.1, 0.15) is 0 Å². The lowest BCUT2D eigenvalue weighted by molar-refractivity contribution is -0.154. The van der Waals surface area contributed by atoms with Crippen LogP contribution in [0.15, 0.2) is 24.3 Å². The van der Waals surface area contributed by atoms with Gasteiger partial charge >= 0.3 is 5.97 Å². The first-order valence-corrected chi connectivity index (χ1v) is 8.39. The molecule has 0 spiro atoms. The van der Waals surface area contributed by atoms with Crippen LogP contribution in [-0.2, 0) is 14.9 Å². The molecule has 1 rings (SSSR count). The Labute approximate surface area is 136 Å². The molecule has 0 heterocycles. The molecule has 1 aromatic carbocycles. The number of hydrogen-bond donors (Lipinski definition) is 0. The molecule has 0 aliphatic heterocycles. The second kappa shape index (κ2) is 7.30. The maximum absolute atomic E-state index is 12.1. The van der Waals surface area contributed by atoms with Gasteiger partial charge in [-0.1, -0.05) is 52.0 Å². The van der Waals surface area contributed by atoms with Crippen LogP contribution in [0.1, 0.15) is 78.4 Å². The van der Waals surface area contributed by atoms with E-state index in [4.69, 9.17) is 4.74 Å². The van der Waals surface area contributed by atoms with Crippen LogP contribution < -0.4 is 0 Å². The smallest absolute Gasteiger partial charge is 0.311 e. The molecule has 0 aliphatic rings. The molecule has 1 atom stereocenters. The Hall–Kier alpha value is -1.31. The summed E-state index contributed by atoms with van der Waals surface area (Å²) in [6.07, 6.45) is 1.84. The highest BCUT2D eigenvalue weighted by Gasteiger charge is 2.32. The van der Waals surface area contributed by atoms with Crippen LogP contribution in [0, 0.1) is 5.41 Å². The van der Waals surface area contributed by atoms with E-state index in [1.54, 1.807) is 0 Å². The van der Waals surface area contributed by atoms with E-state index in [9.17, 15) is 4.79 Å². The number of benzene rings is 1. The van der Waals surface area contributed by atoms with Gasteiger partial charge in [0.2, 0.25) is 0 Å². The van der Waals surface area contributed by atoms with Crippen LogP contribution in [0.25, 0.3) is 0 Å². The molecule has 0 aromatic heterocycles. The molecule has 0 fully saturated rings. The third-order valence-electron chi connectivity index (χ3n) is 4.33. The fraction of sp³-hybridized carbons (Fsp3) is 0.650. The van der Waals surface area contributed by atoms with Crippen LogP contribution in [-0.4, -0.2) is 12.6 Å². The molecule has 1 unspecified atom stereocenters. The Morgan fingerprint density at radius 3 is 2.00 bits per heavy atom. The molecule has 124 valence electrons. The van der Waals surface area contributed by atoms with Crippen LogP contribution >= 0.6 is 0 Å². The average molecular weight is 304 g/mol. The second-order valence-electron chi connectivity index (χ2n) is 7.79. The van der Waals surface area contributed by atoms with Crippen molar-refractivity contribution in [2.24, 2.45) is 5.41 Å². The minimum Gasteiger partial charge on any atom is -0.466 e. The maximum Gasteiger partial charge on any atom is 0.311 e. The number of ether oxygens (including phenoxy) is 1. The predicted octanol–water partition coefficient (Wildman–Crippen LogP) is 5.46. The molecule has 2 nitrogen and oxygen atoms in total. The lowest BCUT2D eigenvalue weighted by Crippen LogP contribution is -2.28. The Kier molecular flexibility index (Phi) is 6.22. The Morgan fingerprint density at radius 2 is 1.59 bits per heavy atom. The van der Waals surface area contributed by atoms with Crippen molar-refractivity contribution in [2.75, 3.05) is 6.61 Å². The van der Waals surface area contributed by atoms with Gasteiger partial charge in [-0.15, -0.1) is 0 Å². The predicted molar refractivity (Wildman–Crippen MR) is 93.2 cm³/mol. The molecule has 1 aromatic rings. The van der Waals surface area contributed by atoms with Crippen molar-refractivity contribution in [3.05, 3.63) is 35.4 Å². The summed E-state index contributed by atoms with van der Waals surface area (Å²) >= 11 is 0. The molecule has 0 amide bonds. The number of rotatable bonds is 6. The highest BCUT2D eigenvalue weighted by atomic mass is 16.5. The summed E-state index contributed by atoms with van der Waals surface area (Å²) in [6.45, 7) is 15.1. The number of hydrogen-bond acceptors (Lipinski definition) is 2. The molecular formula is C20H32O2. The molecule has 0 N–H and O–H groups in total. The summed E-state index contributed by atoms with van der Waals surface area (Å²) in [5.74, 6) is 0.285. The van der Waals surface area contributed by atoms with E-state index in [2.05, 4.69) is 52.0 Å².